The third kappa shape index (κ3) is 3.67. The highest BCUT2D eigenvalue weighted by Gasteiger charge is 2.43. The molecule has 0 bridgehead atoms. The summed E-state index contributed by atoms with van der Waals surface area (Å²) < 4.78 is 5.62. The Morgan fingerprint density at radius 3 is 2.60 bits per heavy atom. The van der Waals surface area contributed by atoms with Crippen molar-refractivity contribution < 1.29 is 9.53 Å². The minimum Gasteiger partial charge on any atom is -0.445 e. The molecule has 2 heterocycles. The molecule has 1 saturated carbocycles. The van der Waals surface area contributed by atoms with Crippen LogP contribution in [0.25, 0.3) is 0 Å². The lowest BCUT2D eigenvalue weighted by Crippen LogP contribution is -2.67. The van der Waals surface area contributed by atoms with Crippen molar-refractivity contribution in [3.8, 4) is 0 Å². The molecule has 2 aliphatic heterocycles. The maximum absolute atomic E-state index is 12.7. The summed E-state index contributed by atoms with van der Waals surface area (Å²) in [6.45, 7) is 4.41. The minimum absolute atomic E-state index is 0.151. The molecular weight excluding hydrogens is 314 g/mol. The second-order valence-electron chi connectivity index (χ2n) is 7.52. The molecule has 5 nitrogen and oxygen atoms in total. The predicted octanol–water partition coefficient (Wildman–Crippen LogP) is 2.61. The normalized spacial score (nSPS) is 30.1. The average molecular weight is 343 g/mol. The molecule has 1 amide bonds. The van der Waals surface area contributed by atoms with Gasteiger partial charge in [-0.15, -0.1) is 0 Å². The van der Waals surface area contributed by atoms with E-state index in [0.717, 1.165) is 25.1 Å². The summed E-state index contributed by atoms with van der Waals surface area (Å²) >= 11 is 0. The minimum atomic E-state index is -0.151. The van der Waals surface area contributed by atoms with Crippen LogP contribution in [0.2, 0.25) is 0 Å². The fraction of sp³-hybridized carbons (Fsp3) is 0.650. The molecule has 0 radical (unpaired) electrons. The van der Waals surface area contributed by atoms with Gasteiger partial charge in [-0.1, -0.05) is 30.3 Å². The van der Waals surface area contributed by atoms with E-state index in [2.05, 4.69) is 10.2 Å². The molecule has 0 spiro atoms. The topological polar surface area (TPSA) is 44.8 Å². The monoisotopic (exact) mass is 343 g/mol. The molecule has 0 aromatic heterocycles. The van der Waals surface area contributed by atoms with Gasteiger partial charge in [0.25, 0.3) is 0 Å². The summed E-state index contributed by atoms with van der Waals surface area (Å²) in [5, 5.41) is 3.72. The molecule has 5 heteroatoms. The number of amides is 1. The summed E-state index contributed by atoms with van der Waals surface area (Å²) in [5.74, 6) is 0. The average Bonchev–Trinajstić information content (AvgIpc) is 3.20. The molecule has 136 valence electrons. The van der Waals surface area contributed by atoms with E-state index in [1.165, 1.54) is 38.8 Å². The Kier molecular flexibility index (Phi) is 5.22. The second kappa shape index (κ2) is 7.75. The maximum atomic E-state index is 12.7. The van der Waals surface area contributed by atoms with Crippen molar-refractivity contribution in [1.82, 2.24) is 15.1 Å². The first-order valence-electron chi connectivity index (χ1n) is 9.78. The summed E-state index contributed by atoms with van der Waals surface area (Å²) in [6.07, 6.45) is 6.02. The lowest BCUT2D eigenvalue weighted by Gasteiger charge is -2.49. The Morgan fingerprint density at radius 2 is 1.80 bits per heavy atom. The zero-order valence-corrected chi connectivity index (χ0v) is 14.9. The first-order valence-corrected chi connectivity index (χ1v) is 9.78. The van der Waals surface area contributed by atoms with Gasteiger partial charge in [-0.2, -0.15) is 0 Å². The number of hydrogen-bond acceptors (Lipinski definition) is 4. The molecule has 1 N–H and O–H groups in total. The van der Waals surface area contributed by atoms with Crippen molar-refractivity contribution in [2.45, 2.75) is 56.8 Å². The number of carbonyl (C=O) groups excluding carboxylic acids is 1. The Hall–Kier alpha value is -1.59. The van der Waals surface area contributed by atoms with Crippen LogP contribution in [0.1, 0.15) is 37.7 Å². The van der Waals surface area contributed by atoms with E-state index < -0.39 is 0 Å². The van der Waals surface area contributed by atoms with Crippen molar-refractivity contribution in [2.24, 2.45) is 0 Å². The fourth-order valence-electron chi connectivity index (χ4n) is 4.80. The van der Waals surface area contributed by atoms with Gasteiger partial charge >= 0.3 is 6.09 Å². The van der Waals surface area contributed by atoms with Crippen LogP contribution in [0.3, 0.4) is 0 Å². The molecule has 3 unspecified atom stereocenters. The highest BCUT2D eigenvalue weighted by molar-refractivity contribution is 5.68. The van der Waals surface area contributed by atoms with E-state index in [4.69, 9.17) is 4.74 Å². The SMILES string of the molecule is O=C(OCc1ccccc1)N1CCNC2C(N3CCCC3)CCCC21. The fourth-order valence-corrected chi connectivity index (χ4v) is 4.80. The number of nitrogens with one attached hydrogen (secondary N) is 1. The zero-order valence-electron chi connectivity index (χ0n) is 14.9. The number of benzene rings is 1. The van der Waals surface area contributed by atoms with E-state index in [0.29, 0.717) is 18.7 Å². The molecule has 3 fully saturated rings. The van der Waals surface area contributed by atoms with Crippen LogP contribution < -0.4 is 5.32 Å². The molecule has 3 atom stereocenters. The molecule has 25 heavy (non-hydrogen) atoms. The summed E-state index contributed by atoms with van der Waals surface area (Å²) in [6, 6.07) is 11.2. The van der Waals surface area contributed by atoms with Crippen molar-refractivity contribution in [3.05, 3.63) is 35.9 Å². The molecule has 3 aliphatic rings. The Bertz CT molecular complexity index is 574. The van der Waals surface area contributed by atoms with E-state index in [9.17, 15) is 4.79 Å². The predicted molar refractivity (Wildman–Crippen MR) is 97.4 cm³/mol. The van der Waals surface area contributed by atoms with E-state index >= 15 is 0 Å². The molecule has 1 aliphatic carbocycles. The van der Waals surface area contributed by atoms with Gasteiger partial charge in [0.05, 0.1) is 6.04 Å². The van der Waals surface area contributed by atoms with Crippen LogP contribution in [0.5, 0.6) is 0 Å². The Morgan fingerprint density at radius 1 is 1.04 bits per heavy atom. The Balaban J connectivity index is 1.40. The highest BCUT2D eigenvalue weighted by atomic mass is 16.6. The van der Waals surface area contributed by atoms with Gasteiger partial charge < -0.3 is 15.0 Å². The first kappa shape index (κ1) is 16.9. The van der Waals surface area contributed by atoms with Crippen molar-refractivity contribution in [1.29, 1.82) is 0 Å². The van der Waals surface area contributed by atoms with Gasteiger partial charge in [-0.25, -0.2) is 4.79 Å². The lowest BCUT2D eigenvalue weighted by molar-refractivity contribution is 0.0196. The number of carbonyl (C=O) groups is 1. The summed E-state index contributed by atoms with van der Waals surface area (Å²) in [4.78, 5) is 17.4. The number of likely N-dealkylation sites (tertiary alicyclic amines) is 1. The Labute approximate surface area is 150 Å². The summed E-state index contributed by atoms with van der Waals surface area (Å²) in [5.41, 5.74) is 1.04. The van der Waals surface area contributed by atoms with Crippen LogP contribution >= 0.6 is 0 Å². The van der Waals surface area contributed by atoms with Crippen molar-refractivity contribution in [3.63, 3.8) is 0 Å². The van der Waals surface area contributed by atoms with E-state index in [-0.39, 0.29) is 12.1 Å². The first-order chi connectivity index (χ1) is 12.3. The van der Waals surface area contributed by atoms with Crippen molar-refractivity contribution in [2.75, 3.05) is 26.2 Å². The van der Waals surface area contributed by atoms with Crippen LogP contribution in [0.4, 0.5) is 4.79 Å². The van der Waals surface area contributed by atoms with Crippen molar-refractivity contribution >= 4 is 6.09 Å². The number of rotatable bonds is 3. The smallest absolute Gasteiger partial charge is 0.410 e. The van der Waals surface area contributed by atoms with Gasteiger partial charge in [0.15, 0.2) is 0 Å². The summed E-state index contributed by atoms with van der Waals surface area (Å²) in [7, 11) is 0. The maximum Gasteiger partial charge on any atom is 0.410 e. The van der Waals surface area contributed by atoms with Gasteiger partial charge in [0.1, 0.15) is 6.61 Å². The molecular formula is C20H29N3O2. The number of hydrogen-bond donors (Lipinski definition) is 1. The van der Waals surface area contributed by atoms with Crippen LogP contribution in [0.15, 0.2) is 30.3 Å². The molecule has 1 aromatic carbocycles. The number of piperazine rings is 1. The standard InChI is InChI=1S/C20H29N3O2/c24-20(25-15-16-7-2-1-3-8-16)23-14-11-21-19-17(9-6-10-18(19)23)22-12-4-5-13-22/h1-3,7-8,17-19,21H,4-6,9-15H2. The third-order valence-corrected chi connectivity index (χ3v) is 6.01. The zero-order chi connectivity index (χ0) is 17.1. The highest BCUT2D eigenvalue weighted by Crippen LogP contribution is 2.31. The van der Waals surface area contributed by atoms with E-state index in [1.807, 2.05) is 35.2 Å². The third-order valence-electron chi connectivity index (χ3n) is 6.01. The van der Waals surface area contributed by atoms with Gasteiger partial charge in [-0.3, -0.25) is 4.90 Å². The second-order valence-corrected chi connectivity index (χ2v) is 7.52. The van der Waals surface area contributed by atoms with Crippen LogP contribution in [-0.2, 0) is 11.3 Å². The molecule has 2 saturated heterocycles. The van der Waals surface area contributed by atoms with Gasteiger partial charge in [0.2, 0.25) is 0 Å². The largest absolute Gasteiger partial charge is 0.445 e. The van der Waals surface area contributed by atoms with Crippen LogP contribution in [-0.4, -0.2) is 60.2 Å². The number of nitrogens with zero attached hydrogens (tertiary/aromatic N) is 2. The quantitative estimate of drug-likeness (QED) is 0.916. The lowest BCUT2D eigenvalue weighted by atomic mass is 9.83. The van der Waals surface area contributed by atoms with Gasteiger partial charge in [-0.05, 0) is 50.8 Å². The molecule has 1 aromatic rings. The number of fused-ring (bicyclic) bond motifs is 1. The van der Waals surface area contributed by atoms with Gasteiger partial charge in [0, 0.05) is 25.2 Å². The number of ether oxygens (including phenoxy) is 1. The van der Waals surface area contributed by atoms with E-state index in [1.54, 1.807) is 0 Å². The van der Waals surface area contributed by atoms with Crippen LogP contribution in [0, 0.1) is 0 Å². The molecule has 4 rings (SSSR count).